The van der Waals surface area contributed by atoms with Crippen molar-refractivity contribution < 1.29 is 0 Å². The molecule has 0 aromatic carbocycles. The van der Waals surface area contributed by atoms with Crippen LogP contribution in [0, 0.1) is 6.92 Å². The molecule has 1 fully saturated rings. The topological polar surface area (TPSA) is 37.8 Å². The fourth-order valence-electron chi connectivity index (χ4n) is 2.01. The van der Waals surface area contributed by atoms with E-state index in [9.17, 15) is 0 Å². The summed E-state index contributed by atoms with van der Waals surface area (Å²) in [5.74, 6) is 0.891. The number of aryl methyl sites for hydroxylation is 1. The summed E-state index contributed by atoms with van der Waals surface area (Å²) in [6.07, 6.45) is 8.23. The largest absolute Gasteiger partial charge is 0.367 e. The normalized spacial score (nSPS) is 17.7. The average Bonchev–Trinajstić information content (AvgIpc) is 2.25. The Morgan fingerprint density at radius 2 is 2.07 bits per heavy atom. The Kier molecular flexibility index (Phi) is 3.41. The lowest BCUT2D eigenvalue weighted by Crippen LogP contribution is -2.23. The Morgan fingerprint density at radius 3 is 2.80 bits per heavy atom. The number of anilines is 1. The van der Waals surface area contributed by atoms with Crippen molar-refractivity contribution in [3.8, 4) is 0 Å². The maximum absolute atomic E-state index is 5.77. The molecule has 15 heavy (non-hydrogen) atoms. The van der Waals surface area contributed by atoms with E-state index in [1.165, 1.54) is 32.1 Å². The smallest absolute Gasteiger partial charge is 0.224 e. The number of halogens is 1. The predicted octanol–water partition coefficient (Wildman–Crippen LogP) is 3.18. The zero-order valence-electron chi connectivity index (χ0n) is 8.96. The number of hydrogen-bond acceptors (Lipinski definition) is 3. The average molecular weight is 226 g/mol. The van der Waals surface area contributed by atoms with E-state index in [1.54, 1.807) is 6.20 Å². The van der Waals surface area contributed by atoms with Crippen LogP contribution in [0.4, 0.5) is 5.82 Å². The molecule has 0 unspecified atom stereocenters. The van der Waals surface area contributed by atoms with Gasteiger partial charge in [-0.2, -0.15) is 0 Å². The van der Waals surface area contributed by atoms with Gasteiger partial charge in [-0.3, -0.25) is 0 Å². The number of aromatic nitrogens is 2. The van der Waals surface area contributed by atoms with E-state index >= 15 is 0 Å². The van der Waals surface area contributed by atoms with Gasteiger partial charge in [-0.1, -0.05) is 19.3 Å². The molecule has 0 aliphatic heterocycles. The molecule has 0 atom stereocenters. The second kappa shape index (κ2) is 4.79. The van der Waals surface area contributed by atoms with E-state index in [0.29, 0.717) is 11.3 Å². The summed E-state index contributed by atoms with van der Waals surface area (Å²) in [6, 6.07) is 0.559. The SMILES string of the molecule is Cc1cnc(Cl)nc1NC1CCCCC1. The van der Waals surface area contributed by atoms with E-state index < -0.39 is 0 Å². The molecule has 0 spiro atoms. The van der Waals surface area contributed by atoms with Crippen LogP contribution in [0.2, 0.25) is 5.28 Å². The maximum atomic E-state index is 5.77. The van der Waals surface area contributed by atoms with Gasteiger partial charge in [-0.15, -0.1) is 0 Å². The van der Waals surface area contributed by atoms with Crippen LogP contribution in [-0.4, -0.2) is 16.0 Å². The molecule has 0 radical (unpaired) electrons. The lowest BCUT2D eigenvalue weighted by molar-refractivity contribution is 0.461. The third kappa shape index (κ3) is 2.81. The highest BCUT2D eigenvalue weighted by atomic mass is 35.5. The van der Waals surface area contributed by atoms with Crippen molar-refractivity contribution in [2.24, 2.45) is 0 Å². The van der Waals surface area contributed by atoms with Gasteiger partial charge < -0.3 is 5.32 Å². The quantitative estimate of drug-likeness (QED) is 0.786. The third-order valence-electron chi connectivity index (χ3n) is 2.89. The molecular formula is C11H16ClN3. The highest BCUT2D eigenvalue weighted by molar-refractivity contribution is 6.28. The fourth-order valence-corrected chi connectivity index (χ4v) is 2.14. The third-order valence-corrected chi connectivity index (χ3v) is 3.07. The number of nitrogens with zero attached hydrogens (tertiary/aromatic N) is 2. The van der Waals surface area contributed by atoms with Crippen LogP contribution in [0.15, 0.2) is 6.20 Å². The molecule has 2 rings (SSSR count). The zero-order valence-corrected chi connectivity index (χ0v) is 9.72. The maximum Gasteiger partial charge on any atom is 0.224 e. The second-order valence-corrected chi connectivity index (χ2v) is 4.49. The van der Waals surface area contributed by atoms with E-state index in [1.807, 2.05) is 6.92 Å². The molecule has 0 bridgehead atoms. The number of rotatable bonds is 2. The first-order valence-electron chi connectivity index (χ1n) is 5.51. The van der Waals surface area contributed by atoms with E-state index in [-0.39, 0.29) is 0 Å². The van der Waals surface area contributed by atoms with Crippen molar-refractivity contribution >= 4 is 17.4 Å². The van der Waals surface area contributed by atoms with Crippen molar-refractivity contribution in [3.05, 3.63) is 17.0 Å². The predicted molar refractivity (Wildman–Crippen MR) is 62.3 cm³/mol. The summed E-state index contributed by atoms with van der Waals surface area (Å²) in [6.45, 7) is 2.00. The summed E-state index contributed by atoms with van der Waals surface area (Å²) in [5.41, 5.74) is 1.06. The van der Waals surface area contributed by atoms with Gasteiger partial charge in [0.05, 0.1) is 0 Å². The molecule has 1 aromatic heterocycles. The van der Waals surface area contributed by atoms with E-state index in [4.69, 9.17) is 11.6 Å². The standard InChI is InChI=1S/C11H16ClN3/c1-8-7-13-11(12)15-10(8)14-9-5-3-2-4-6-9/h7,9H,2-6H2,1H3,(H,13,14,15). The minimum atomic E-state index is 0.318. The van der Waals surface area contributed by atoms with Crippen molar-refractivity contribution in [2.75, 3.05) is 5.32 Å². The van der Waals surface area contributed by atoms with Crippen LogP contribution in [0.25, 0.3) is 0 Å². The van der Waals surface area contributed by atoms with Crippen molar-refractivity contribution in [1.29, 1.82) is 0 Å². The molecule has 0 saturated heterocycles. The molecule has 1 saturated carbocycles. The Hall–Kier alpha value is -0.830. The zero-order chi connectivity index (χ0) is 10.7. The van der Waals surface area contributed by atoms with Gasteiger partial charge in [0.2, 0.25) is 5.28 Å². The van der Waals surface area contributed by atoms with Crippen molar-refractivity contribution in [1.82, 2.24) is 9.97 Å². The number of hydrogen-bond donors (Lipinski definition) is 1. The first kappa shape index (κ1) is 10.7. The van der Waals surface area contributed by atoms with Crippen LogP contribution in [-0.2, 0) is 0 Å². The summed E-state index contributed by atoms with van der Waals surface area (Å²) >= 11 is 5.77. The van der Waals surface area contributed by atoms with Crippen molar-refractivity contribution in [3.63, 3.8) is 0 Å². The van der Waals surface area contributed by atoms with E-state index in [2.05, 4.69) is 15.3 Å². The van der Waals surface area contributed by atoms with Gasteiger partial charge in [0, 0.05) is 17.8 Å². The van der Waals surface area contributed by atoms with Gasteiger partial charge in [-0.25, -0.2) is 9.97 Å². The minimum Gasteiger partial charge on any atom is -0.367 e. The molecule has 1 aromatic rings. The Bertz CT molecular complexity index is 335. The summed E-state index contributed by atoms with van der Waals surface area (Å²) in [5, 5.41) is 3.77. The Balaban J connectivity index is 2.05. The summed E-state index contributed by atoms with van der Waals surface area (Å²) in [4.78, 5) is 8.16. The highest BCUT2D eigenvalue weighted by Crippen LogP contribution is 2.22. The first-order chi connectivity index (χ1) is 7.25. The van der Waals surface area contributed by atoms with Crippen molar-refractivity contribution in [2.45, 2.75) is 45.1 Å². The van der Waals surface area contributed by atoms with E-state index in [0.717, 1.165) is 11.4 Å². The lowest BCUT2D eigenvalue weighted by Gasteiger charge is -2.23. The van der Waals surface area contributed by atoms with Gasteiger partial charge in [0.1, 0.15) is 5.82 Å². The Labute approximate surface area is 95.3 Å². The van der Waals surface area contributed by atoms with Crippen LogP contribution in [0.1, 0.15) is 37.7 Å². The van der Waals surface area contributed by atoms with Gasteiger partial charge in [0.25, 0.3) is 0 Å². The first-order valence-corrected chi connectivity index (χ1v) is 5.89. The number of nitrogens with one attached hydrogen (secondary N) is 1. The molecule has 1 N–H and O–H groups in total. The molecule has 4 heteroatoms. The summed E-state index contributed by atoms with van der Waals surface area (Å²) < 4.78 is 0. The molecule has 82 valence electrons. The lowest BCUT2D eigenvalue weighted by atomic mass is 9.95. The summed E-state index contributed by atoms with van der Waals surface area (Å²) in [7, 11) is 0. The monoisotopic (exact) mass is 225 g/mol. The molecular weight excluding hydrogens is 210 g/mol. The molecule has 3 nitrogen and oxygen atoms in total. The fraction of sp³-hybridized carbons (Fsp3) is 0.636. The van der Waals surface area contributed by atoms with Crippen LogP contribution in [0.3, 0.4) is 0 Å². The van der Waals surface area contributed by atoms with Gasteiger partial charge in [0.15, 0.2) is 0 Å². The van der Waals surface area contributed by atoms with Crippen LogP contribution < -0.4 is 5.32 Å². The highest BCUT2D eigenvalue weighted by Gasteiger charge is 2.14. The molecule has 0 amide bonds. The Morgan fingerprint density at radius 1 is 1.33 bits per heavy atom. The molecule has 1 aliphatic rings. The molecule has 1 aliphatic carbocycles. The minimum absolute atomic E-state index is 0.318. The van der Waals surface area contributed by atoms with Crippen LogP contribution >= 0.6 is 11.6 Å². The van der Waals surface area contributed by atoms with Gasteiger partial charge in [-0.05, 0) is 31.4 Å². The van der Waals surface area contributed by atoms with Crippen LogP contribution in [0.5, 0.6) is 0 Å². The molecule has 1 heterocycles. The second-order valence-electron chi connectivity index (χ2n) is 4.15. The van der Waals surface area contributed by atoms with Gasteiger partial charge >= 0.3 is 0 Å².